The number of guanidine groups is 1. The van der Waals surface area contributed by atoms with Crippen molar-refractivity contribution in [2.45, 2.75) is 167 Å². The lowest BCUT2D eigenvalue weighted by molar-refractivity contribution is -0.142. The summed E-state index contributed by atoms with van der Waals surface area (Å²) in [6.07, 6.45) is 19.4. The summed E-state index contributed by atoms with van der Waals surface area (Å²) < 4.78 is 0. The highest BCUT2D eigenvalue weighted by molar-refractivity contribution is 5.89. The Morgan fingerprint density at radius 2 is 1.00 bits per heavy atom. The second-order valence-corrected chi connectivity index (χ2v) is 11.9. The zero-order valence-corrected chi connectivity index (χ0v) is 27.7. The first kappa shape index (κ1) is 41.8. The van der Waals surface area contributed by atoms with E-state index < -0.39 is 29.9 Å². The maximum atomic E-state index is 12.4. The van der Waals surface area contributed by atoms with Crippen LogP contribution in [-0.4, -0.2) is 64.3 Å². The van der Waals surface area contributed by atoms with Crippen molar-refractivity contribution in [2.75, 3.05) is 6.54 Å². The Hall–Kier alpha value is -3.18. The molecule has 0 aromatic rings. The molecule has 0 aromatic carbocycles. The lowest BCUT2D eigenvalue weighted by Gasteiger charge is -2.18. The zero-order chi connectivity index (χ0) is 33.7. The summed E-state index contributed by atoms with van der Waals surface area (Å²) in [5, 5.41) is 23.3. The Bertz CT molecular complexity index is 878. The van der Waals surface area contributed by atoms with Crippen LogP contribution in [0.5, 0.6) is 0 Å². The molecular weight excluding hydrogens is 578 g/mol. The third-order valence-corrected chi connectivity index (χ3v) is 7.86. The highest BCUT2D eigenvalue weighted by Gasteiger charge is 2.23. The fourth-order valence-electron chi connectivity index (χ4n) is 5.17. The highest BCUT2D eigenvalue weighted by atomic mass is 16.4. The Morgan fingerprint density at radius 1 is 0.578 bits per heavy atom. The van der Waals surface area contributed by atoms with Crippen LogP contribution in [0.3, 0.4) is 0 Å². The van der Waals surface area contributed by atoms with Gasteiger partial charge in [-0.25, -0.2) is 4.79 Å². The standard InChI is InChI=1S/C33H61N5O7/c1-2-28(39)26(20-19-25-36-33(34)35)37-30(41)24-23-27(32(44)45)38-29(40)21-17-15-13-11-9-7-5-3-4-6-8-10-12-14-16-18-22-31(42)43/h26-27H,2-25H2,1H3,(H,37,41)(H,38,40)(H,42,43)(H,44,45)(H4,34,35,36). The normalized spacial score (nSPS) is 12.2. The van der Waals surface area contributed by atoms with Crippen molar-refractivity contribution in [2.24, 2.45) is 16.5 Å². The number of nitrogens with zero attached hydrogens (tertiary/aromatic N) is 1. The molecule has 0 fully saturated rings. The molecule has 0 aliphatic carbocycles. The number of aliphatic carboxylic acids is 2. The number of carbonyl (C=O) groups excluding carboxylic acids is 3. The van der Waals surface area contributed by atoms with Crippen LogP contribution >= 0.6 is 0 Å². The molecule has 0 radical (unpaired) electrons. The number of hydrogen-bond acceptors (Lipinski definition) is 6. The Kier molecular flexibility index (Phi) is 26.3. The third-order valence-electron chi connectivity index (χ3n) is 7.86. The van der Waals surface area contributed by atoms with Crippen LogP contribution in [0.1, 0.15) is 155 Å². The summed E-state index contributed by atoms with van der Waals surface area (Å²) in [6, 6.07) is -1.86. The van der Waals surface area contributed by atoms with E-state index in [2.05, 4.69) is 15.6 Å². The van der Waals surface area contributed by atoms with E-state index in [4.69, 9.17) is 16.6 Å². The van der Waals surface area contributed by atoms with E-state index in [1.807, 2.05) is 0 Å². The average Bonchev–Trinajstić information content (AvgIpc) is 2.99. The van der Waals surface area contributed by atoms with Crippen molar-refractivity contribution in [1.29, 1.82) is 0 Å². The number of amides is 2. The molecule has 0 bridgehead atoms. The van der Waals surface area contributed by atoms with Gasteiger partial charge in [-0.05, 0) is 32.1 Å². The van der Waals surface area contributed by atoms with Gasteiger partial charge in [0.1, 0.15) is 6.04 Å². The van der Waals surface area contributed by atoms with Crippen molar-refractivity contribution in [3.05, 3.63) is 0 Å². The maximum Gasteiger partial charge on any atom is 0.326 e. The van der Waals surface area contributed by atoms with Gasteiger partial charge in [0.15, 0.2) is 11.7 Å². The van der Waals surface area contributed by atoms with Gasteiger partial charge >= 0.3 is 11.9 Å². The summed E-state index contributed by atoms with van der Waals surface area (Å²) in [7, 11) is 0. The summed E-state index contributed by atoms with van der Waals surface area (Å²) >= 11 is 0. The molecule has 45 heavy (non-hydrogen) atoms. The summed E-state index contributed by atoms with van der Waals surface area (Å²) in [5.41, 5.74) is 10.6. The summed E-state index contributed by atoms with van der Waals surface area (Å²) in [5.74, 6) is -2.84. The number of carboxylic acids is 2. The third kappa shape index (κ3) is 26.9. The molecule has 12 nitrogen and oxygen atoms in total. The van der Waals surface area contributed by atoms with Crippen molar-refractivity contribution < 1.29 is 34.2 Å². The number of nitrogens with two attached hydrogens (primary N) is 2. The lowest BCUT2D eigenvalue weighted by atomic mass is 10.0. The number of ketones is 1. The van der Waals surface area contributed by atoms with E-state index in [-0.39, 0.29) is 49.8 Å². The van der Waals surface area contributed by atoms with Crippen molar-refractivity contribution in [3.63, 3.8) is 0 Å². The zero-order valence-electron chi connectivity index (χ0n) is 27.7. The molecule has 0 aliphatic rings. The molecule has 0 aliphatic heterocycles. The van der Waals surface area contributed by atoms with E-state index in [1.54, 1.807) is 6.92 Å². The smallest absolute Gasteiger partial charge is 0.326 e. The molecule has 0 saturated heterocycles. The molecule has 2 atom stereocenters. The summed E-state index contributed by atoms with van der Waals surface area (Å²) in [4.78, 5) is 63.0. The predicted octanol–water partition coefficient (Wildman–Crippen LogP) is 4.96. The topological polar surface area (TPSA) is 214 Å². The number of rotatable bonds is 31. The van der Waals surface area contributed by atoms with Crippen molar-refractivity contribution in [3.8, 4) is 0 Å². The Labute approximate surface area is 269 Å². The first-order chi connectivity index (χ1) is 21.6. The van der Waals surface area contributed by atoms with Crippen LogP contribution in [0.4, 0.5) is 0 Å². The lowest BCUT2D eigenvalue weighted by Crippen LogP contribution is -2.43. The minimum absolute atomic E-state index is 0.0417. The van der Waals surface area contributed by atoms with Gasteiger partial charge in [-0.15, -0.1) is 0 Å². The number of Topliss-reactive ketones (excluding diaryl/α,β-unsaturated/α-hetero) is 1. The van der Waals surface area contributed by atoms with Gasteiger partial charge in [0.05, 0.1) is 6.04 Å². The number of carboxylic acid groups (broad SMARTS) is 2. The van der Waals surface area contributed by atoms with E-state index in [0.29, 0.717) is 25.8 Å². The van der Waals surface area contributed by atoms with Crippen LogP contribution < -0.4 is 22.1 Å². The molecule has 0 spiro atoms. The second kappa shape index (κ2) is 28.3. The highest BCUT2D eigenvalue weighted by Crippen LogP contribution is 2.14. The fraction of sp³-hybridized carbons (Fsp3) is 0.818. The molecule has 0 aromatic heterocycles. The van der Waals surface area contributed by atoms with Gasteiger partial charge in [-0.2, -0.15) is 0 Å². The minimum atomic E-state index is -1.19. The fourth-order valence-corrected chi connectivity index (χ4v) is 5.17. The van der Waals surface area contributed by atoms with Gasteiger partial charge in [-0.3, -0.25) is 24.2 Å². The van der Waals surface area contributed by atoms with Crippen LogP contribution in [0.15, 0.2) is 4.99 Å². The quantitative estimate of drug-likeness (QED) is 0.0343. The second-order valence-electron chi connectivity index (χ2n) is 11.9. The molecule has 12 heteroatoms. The molecule has 2 unspecified atom stereocenters. The van der Waals surface area contributed by atoms with Crippen LogP contribution in [0.2, 0.25) is 0 Å². The maximum absolute atomic E-state index is 12.4. The number of carbonyl (C=O) groups is 5. The van der Waals surface area contributed by atoms with E-state index in [9.17, 15) is 29.1 Å². The number of nitrogens with one attached hydrogen (secondary N) is 2. The largest absolute Gasteiger partial charge is 0.481 e. The Morgan fingerprint density at radius 3 is 1.42 bits per heavy atom. The van der Waals surface area contributed by atoms with Gasteiger partial charge in [-0.1, -0.05) is 96.8 Å². The number of unbranched alkanes of at least 4 members (excludes halogenated alkanes) is 15. The van der Waals surface area contributed by atoms with E-state index >= 15 is 0 Å². The van der Waals surface area contributed by atoms with Gasteiger partial charge in [0.2, 0.25) is 11.8 Å². The van der Waals surface area contributed by atoms with Crippen LogP contribution in [-0.2, 0) is 24.0 Å². The molecule has 260 valence electrons. The van der Waals surface area contributed by atoms with Crippen molar-refractivity contribution in [1.82, 2.24) is 10.6 Å². The predicted molar refractivity (Wildman–Crippen MR) is 177 cm³/mol. The van der Waals surface area contributed by atoms with Gasteiger partial charge in [0.25, 0.3) is 0 Å². The van der Waals surface area contributed by atoms with Crippen molar-refractivity contribution >= 4 is 35.5 Å². The molecule has 2 amide bonds. The first-order valence-electron chi connectivity index (χ1n) is 17.2. The summed E-state index contributed by atoms with van der Waals surface area (Å²) in [6.45, 7) is 2.04. The molecule has 0 saturated carbocycles. The molecule has 0 rings (SSSR count). The number of aliphatic imine (C=N–C) groups is 1. The van der Waals surface area contributed by atoms with E-state index in [0.717, 1.165) is 38.5 Å². The van der Waals surface area contributed by atoms with E-state index in [1.165, 1.54) is 57.8 Å². The molecule has 0 heterocycles. The monoisotopic (exact) mass is 639 g/mol. The average molecular weight is 640 g/mol. The van der Waals surface area contributed by atoms with Crippen LogP contribution in [0.25, 0.3) is 0 Å². The molecule has 8 N–H and O–H groups in total. The Balaban J connectivity index is 3.93. The first-order valence-corrected chi connectivity index (χ1v) is 17.2. The van der Waals surface area contributed by atoms with Gasteiger partial charge < -0.3 is 32.3 Å². The SMILES string of the molecule is CCC(=O)C(CCCN=C(N)N)NC(=O)CCC(NC(=O)CCCCCCCCCCCCCCCCCCC(=O)O)C(=O)O. The minimum Gasteiger partial charge on any atom is -0.481 e. The number of hydrogen-bond donors (Lipinski definition) is 6. The molecular formula is C33H61N5O7. The van der Waals surface area contributed by atoms with Gasteiger partial charge in [0, 0.05) is 32.2 Å². The van der Waals surface area contributed by atoms with Crippen LogP contribution in [0, 0.1) is 0 Å².